The highest BCUT2D eigenvalue weighted by Gasteiger charge is 2.49. The molecule has 5 heterocycles. The molecule has 21 nitrogen and oxygen atoms in total. The van der Waals surface area contributed by atoms with Crippen LogP contribution in [0.25, 0.3) is 22.3 Å². The lowest BCUT2D eigenvalue weighted by Crippen LogP contribution is -2.31. The Labute approximate surface area is 298 Å². The number of nitrogens with two attached hydrogens (primary N) is 1. The number of aliphatic hydroxyl groups is 1. The van der Waals surface area contributed by atoms with Crippen molar-refractivity contribution in [3.8, 4) is 6.07 Å². The fourth-order valence-electron chi connectivity index (χ4n) is 5.00. The molecule has 0 spiro atoms. The van der Waals surface area contributed by atoms with Crippen molar-refractivity contribution in [2.24, 2.45) is 11.7 Å². The van der Waals surface area contributed by atoms with Gasteiger partial charge in [-0.3, -0.25) is 38.3 Å². The lowest BCUT2D eigenvalue weighted by molar-refractivity contribution is -0.118. The molecule has 1 saturated heterocycles. The van der Waals surface area contributed by atoms with E-state index in [9.17, 15) is 28.9 Å². The molecule has 0 aromatic carbocycles. The summed E-state index contributed by atoms with van der Waals surface area (Å²) in [5.41, 5.74) is 4.92. The minimum atomic E-state index is -3.76. The molecule has 0 aliphatic carbocycles. The molecule has 6 N–H and O–H groups in total. The van der Waals surface area contributed by atoms with Crippen LogP contribution in [-0.4, -0.2) is 94.1 Å². The van der Waals surface area contributed by atoms with Crippen molar-refractivity contribution >= 4 is 66.9 Å². The fourth-order valence-corrected chi connectivity index (χ4v) is 7.28. The van der Waals surface area contributed by atoms with Crippen molar-refractivity contribution < 1.29 is 51.4 Å². The van der Waals surface area contributed by atoms with E-state index in [0.29, 0.717) is 5.65 Å². The van der Waals surface area contributed by atoms with Crippen LogP contribution in [0, 0.1) is 17.2 Å². The van der Waals surface area contributed by atoms with Crippen molar-refractivity contribution in [1.29, 1.82) is 5.26 Å². The quantitative estimate of drug-likeness (QED) is 0.0735. The van der Waals surface area contributed by atoms with Crippen LogP contribution in [0.2, 0.25) is 0 Å². The lowest BCUT2D eigenvalue weighted by Gasteiger charge is -2.24. The average molecular weight is 787 g/mol. The van der Waals surface area contributed by atoms with Gasteiger partial charge in [-0.2, -0.15) is 10.2 Å². The van der Waals surface area contributed by atoms with Crippen molar-refractivity contribution in [1.82, 2.24) is 34.1 Å². The van der Waals surface area contributed by atoms with Crippen molar-refractivity contribution in [2.45, 2.75) is 58.0 Å². The van der Waals surface area contributed by atoms with E-state index in [0.717, 1.165) is 10.9 Å². The Kier molecular flexibility index (Phi) is 12.6. The summed E-state index contributed by atoms with van der Waals surface area (Å²) in [5.74, 6) is -1.67. The molecule has 2 unspecified atom stereocenters. The van der Waals surface area contributed by atoms with Gasteiger partial charge in [-0.15, -0.1) is 0 Å². The molecule has 1 fully saturated rings. The first-order chi connectivity index (χ1) is 24.7. The first-order valence-electron chi connectivity index (χ1n) is 15.4. The normalized spacial score (nSPS) is 20.6. The van der Waals surface area contributed by atoms with Gasteiger partial charge in [0.25, 0.3) is 5.56 Å². The van der Waals surface area contributed by atoms with Gasteiger partial charge in [0.2, 0.25) is 17.8 Å². The number of nitriles is 1. The van der Waals surface area contributed by atoms with Gasteiger partial charge in [0.15, 0.2) is 29.2 Å². The van der Waals surface area contributed by atoms with E-state index in [4.69, 9.17) is 45.6 Å². The zero-order valence-corrected chi connectivity index (χ0v) is 30.1. The number of carbonyl (C=O) groups excluding carboxylic acids is 2. The Balaban J connectivity index is 1.35. The fraction of sp³-hybridized carbons (Fsp3) is 0.481. The first kappa shape index (κ1) is 39.1. The second kappa shape index (κ2) is 16.7. The molecule has 0 bridgehead atoms. The molecule has 0 radical (unpaired) electrons. The molecule has 2 amide bonds. The predicted octanol–water partition coefficient (Wildman–Crippen LogP) is 0.941. The van der Waals surface area contributed by atoms with Crippen LogP contribution in [0.5, 0.6) is 0 Å². The van der Waals surface area contributed by atoms with E-state index in [1.165, 1.54) is 16.8 Å². The summed E-state index contributed by atoms with van der Waals surface area (Å²) in [5, 5.41) is 21.3. The minimum absolute atomic E-state index is 0.00650. The van der Waals surface area contributed by atoms with Crippen LogP contribution in [0.15, 0.2) is 23.4 Å². The number of H-pyrrole nitrogens is 1. The van der Waals surface area contributed by atoms with Gasteiger partial charge in [-0.1, -0.05) is 13.8 Å². The van der Waals surface area contributed by atoms with Crippen molar-refractivity contribution in [3.63, 3.8) is 0 Å². The number of halogens is 1. The minimum Gasteiger partial charge on any atom is -0.388 e. The number of primary amides is 1. The number of hydrogen-bond acceptors (Lipinski definition) is 16. The molecule has 5 rings (SSSR count). The molecular weight excluding hydrogens is 753 g/mol. The van der Waals surface area contributed by atoms with E-state index in [-0.39, 0.29) is 60.2 Å². The summed E-state index contributed by atoms with van der Waals surface area (Å²) >= 11 is 5.54. The summed E-state index contributed by atoms with van der Waals surface area (Å²) in [6.45, 7) is -2.03. The van der Waals surface area contributed by atoms with E-state index in [1.54, 1.807) is 13.8 Å². The Morgan fingerprint density at radius 2 is 2.02 bits per heavy atom. The van der Waals surface area contributed by atoms with E-state index >= 15 is 4.39 Å². The van der Waals surface area contributed by atoms with Crippen LogP contribution in [0.3, 0.4) is 0 Å². The van der Waals surface area contributed by atoms with Crippen molar-refractivity contribution in [3.05, 3.63) is 40.3 Å². The smallest absolute Gasteiger partial charge is 0.327 e. The molecule has 1 aliphatic heterocycles. The van der Waals surface area contributed by atoms with E-state index in [2.05, 4.69) is 30.2 Å². The Morgan fingerprint density at radius 3 is 2.69 bits per heavy atom. The zero-order valence-electron chi connectivity index (χ0n) is 27.4. The van der Waals surface area contributed by atoms with Crippen LogP contribution in [0.4, 0.5) is 10.3 Å². The average Bonchev–Trinajstić information content (AvgIpc) is 3.77. The Bertz CT molecular complexity index is 2140. The maximum atomic E-state index is 15.9. The van der Waals surface area contributed by atoms with Crippen LogP contribution < -0.4 is 16.6 Å². The van der Waals surface area contributed by atoms with Crippen molar-refractivity contribution in [2.75, 3.05) is 25.1 Å². The predicted molar refractivity (Wildman–Crippen MR) is 181 cm³/mol. The number of amides is 2. The second-order valence-electron chi connectivity index (χ2n) is 11.3. The first-order valence-corrected chi connectivity index (χ1v) is 19.2. The number of alkyl halides is 1. The number of rotatable bonds is 17. The van der Waals surface area contributed by atoms with Crippen LogP contribution in [0.1, 0.15) is 42.7 Å². The number of aliphatic hydroxyl groups excluding tert-OH is 1. The third-order valence-electron chi connectivity index (χ3n) is 7.49. The highest BCUT2D eigenvalue weighted by molar-refractivity contribution is 8.07. The largest absolute Gasteiger partial charge is 0.388 e. The summed E-state index contributed by atoms with van der Waals surface area (Å²) in [6, 6.07) is 3.31. The van der Waals surface area contributed by atoms with Gasteiger partial charge >= 0.3 is 15.0 Å². The number of aromatic nitrogens is 7. The highest BCUT2D eigenvalue weighted by atomic mass is 32.5. The van der Waals surface area contributed by atoms with Gasteiger partial charge in [0, 0.05) is 18.7 Å². The maximum Gasteiger partial charge on any atom is 0.327 e. The number of ether oxygens (including phenoxy) is 1. The Morgan fingerprint density at radius 1 is 1.27 bits per heavy atom. The topological polar surface area (TPSA) is 294 Å². The van der Waals surface area contributed by atoms with Gasteiger partial charge in [-0.25, -0.2) is 19.3 Å². The van der Waals surface area contributed by atoms with Crippen LogP contribution >= 0.6 is 15.0 Å². The molecule has 4 aromatic heterocycles. The number of carbonyl (C=O) groups is 2. The third kappa shape index (κ3) is 8.75. The summed E-state index contributed by atoms with van der Waals surface area (Å²) in [6.07, 6.45) is -4.62. The number of pyridine rings is 1. The highest BCUT2D eigenvalue weighted by Crippen LogP contribution is 2.51. The molecule has 6 atom stereocenters. The number of hydrogen-bond donors (Lipinski definition) is 5. The summed E-state index contributed by atoms with van der Waals surface area (Å²) in [7, 11) is -3.74. The molecule has 4 aromatic rings. The Hall–Kier alpha value is -4.07. The maximum absolute atomic E-state index is 15.9. The number of imidazole rings is 2. The number of fused-ring (bicyclic) bond motifs is 2. The summed E-state index contributed by atoms with van der Waals surface area (Å²) in [4.78, 5) is 65.2. The van der Waals surface area contributed by atoms with Gasteiger partial charge < -0.3 is 38.6 Å². The summed E-state index contributed by atoms with van der Waals surface area (Å²) < 4.78 is 58.5. The molecule has 25 heteroatoms. The standard InChI is InChI=1S/C27H33FN10O11P2S/c1-13(2)24(41)35-27-34-23-19(25(42)36-27)32-12-38(23)26-20(49-50(43)44)18(28)16(48-26)11-47-51(52,45-6-3-4-29)46-7-5-37-17(10-39)33-15-8-14(21(30)40)9-31-22(15)37/h8-9,12-13,16,18,20,26,39,50H,3,5-7,10-11H2,1-2H3,(H2,30,40)(H,43,44)(H2,34,35,36,41,42)/t16-,18-,20-,26-,51?/m1/s1. The molecule has 52 heavy (non-hydrogen) atoms. The number of nitrogens with zero attached hydrogens (tertiary/aromatic N) is 7. The molecule has 1 aliphatic rings. The second-order valence-corrected chi connectivity index (χ2v) is 15.1. The SMILES string of the molecule is CC(C)C(=O)Nc1nc2c(ncn2[C@@H]2O[C@H](COP(=S)(OCCC#N)OCCn3c(CO)nc4cc(C(N)=O)cnc43)[C@@H](F)[C@H]2O[PH](=O)O)c(=O)[nH]1. The zero-order chi connectivity index (χ0) is 37.7. The van der Waals surface area contributed by atoms with E-state index in [1.807, 2.05) is 6.07 Å². The lowest BCUT2D eigenvalue weighted by atomic mass is 10.1. The van der Waals surface area contributed by atoms with Crippen LogP contribution in [-0.2, 0) is 57.1 Å². The number of nitrogens with one attached hydrogen (secondary N) is 2. The third-order valence-corrected chi connectivity index (χ3v) is 10.4. The molecular formula is C27H33FN10O11P2S. The monoisotopic (exact) mass is 786 g/mol. The molecule has 280 valence electrons. The molecule has 0 saturated carbocycles. The van der Waals surface area contributed by atoms with Gasteiger partial charge in [-0.05, 0) is 17.9 Å². The van der Waals surface area contributed by atoms with Gasteiger partial charge in [0.1, 0.15) is 30.2 Å². The number of anilines is 1. The number of aromatic amines is 1. The van der Waals surface area contributed by atoms with Gasteiger partial charge in [0.05, 0.1) is 44.2 Å². The van der Waals surface area contributed by atoms with E-state index < -0.39 is 76.1 Å².